The summed E-state index contributed by atoms with van der Waals surface area (Å²) in [6.45, 7) is 4.43. The molecule has 0 aliphatic heterocycles. The quantitative estimate of drug-likeness (QED) is 0.746. The minimum absolute atomic E-state index is 0.719. The molecule has 1 aromatic carbocycles. The van der Waals surface area contributed by atoms with Crippen LogP contribution in [0.2, 0.25) is 0 Å². The van der Waals surface area contributed by atoms with Gasteiger partial charge in [-0.2, -0.15) is 0 Å². The molecule has 1 rings (SSSR count). The highest BCUT2D eigenvalue weighted by atomic mass is 16.5. The van der Waals surface area contributed by atoms with Gasteiger partial charge in [-0.25, -0.2) is 0 Å². The summed E-state index contributed by atoms with van der Waals surface area (Å²) in [7, 11) is 1.95. The van der Waals surface area contributed by atoms with Crippen LogP contribution in [0.3, 0.4) is 0 Å². The fraction of sp³-hybridized carbons (Fsp3) is 0.455. The zero-order chi connectivity index (χ0) is 9.52. The topological polar surface area (TPSA) is 21.3 Å². The molecule has 72 valence electrons. The van der Waals surface area contributed by atoms with Gasteiger partial charge in [0, 0.05) is 13.2 Å². The first-order valence-corrected chi connectivity index (χ1v) is 4.67. The Bertz CT molecular complexity index is 230. The number of hydrogen-bond donors (Lipinski definition) is 1. The van der Waals surface area contributed by atoms with Gasteiger partial charge in [-0.05, 0) is 25.1 Å². The highest BCUT2D eigenvalue weighted by Crippen LogP contribution is 2.05. The second-order valence-corrected chi connectivity index (χ2v) is 2.98. The number of hydrogen-bond acceptors (Lipinski definition) is 2. The zero-order valence-electron chi connectivity index (χ0n) is 8.34. The van der Waals surface area contributed by atoms with E-state index in [1.165, 1.54) is 11.1 Å². The smallest absolute Gasteiger partial charge is 0.0716 e. The summed E-state index contributed by atoms with van der Waals surface area (Å²) in [6.07, 6.45) is 0. The van der Waals surface area contributed by atoms with E-state index in [0.717, 1.165) is 19.8 Å². The van der Waals surface area contributed by atoms with E-state index in [-0.39, 0.29) is 0 Å². The van der Waals surface area contributed by atoms with Crippen LogP contribution in [-0.4, -0.2) is 13.7 Å². The van der Waals surface area contributed by atoms with Crippen LogP contribution >= 0.6 is 0 Å². The number of nitrogens with one attached hydrogen (secondary N) is 1. The second kappa shape index (κ2) is 5.73. The van der Waals surface area contributed by atoms with Crippen molar-refractivity contribution in [3.05, 3.63) is 35.4 Å². The Hall–Kier alpha value is -0.860. The highest BCUT2D eigenvalue weighted by Gasteiger charge is 1.93. The summed E-state index contributed by atoms with van der Waals surface area (Å²) in [6, 6.07) is 8.49. The zero-order valence-corrected chi connectivity index (χ0v) is 8.34. The van der Waals surface area contributed by atoms with Crippen molar-refractivity contribution in [2.75, 3.05) is 13.7 Å². The lowest BCUT2D eigenvalue weighted by atomic mass is 10.1. The summed E-state index contributed by atoms with van der Waals surface area (Å²) < 4.78 is 5.30. The van der Waals surface area contributed by atoms with E-state index in [1.807, 2.05) is 14.0 Å². The SMILES string of the molecule is CCOCc1ccc(CNC)cc1. The van der Waals surface area contributed by atoms with Crippen LogP contribution in [0.1, 0.15) is 18.1 Å². The molecule has 2 nitrogen and oxygen atoms in total. The molecule has 0 unspecified atom stereocenters. The lowest BCUT2D eigenvalue weighted by Crippen LogP contribution is -2.04. The van der Waals surface area contributed by atoms with Gasteiger partial charge in [0.1, 0.15) is 0 Å². The van der Waals surface area contributed by atoms with Gasteiger partial charge in [-0.3, -0.25) is 0 Å². The molecule has 0 aromatic heterocycles. The first-order chi connectivity index (χ1) is 6.36. The van der Waals surface area contributed by atoms with Gasteiger partial charge < -0.3 is 10.1 Å². The van der Waals surface area contributed by atoms with Gasteiger partial charge in [-0.1, -0.05) is 24.3 Å². The molecule has 0 spiro atoms. The molecule has 0 atom stereocenters. The monoisotopic (exact) mass is 179 g/mol. The number of benzene rings is 1. The fourth-order valence-electron chi connectivity index (χ4n) is 1.18. The molecule has 0 fully saturated rings. The minimum Gasteiger partial charge on any atom is -0.377 e. The molecular formula is C11H17NO. The molecule has 0 aliphatic rings. The maximum atomic E-state index is 5.30. The molecule has 0 radical (unpaired) electrons. The van der Waals surface area contributed by atoms with Crippen molar-refractivity contribution in [3.63, 3.8) is 0 Å². The largest absolute Gasteiger partial charge is 0.377 e. The van der Waals surface area contributed by atoms with E-state index in [4.69, 9.17) is 4.74 Å². The Labute approximate surface area is 79.9 Å². The Kier molecular flexibility index (Phi) is 4.50. The molecule has 0 amide bonds. The van der Waals surface area contributed by atoms with Crippen molar-refractivity contribution >= 4 is 0 Å². The van der Waals surface area contributed by atoms with Crippen LogP contribution in [0.5, 0.6) is 0 Å². The van der Waals surface area contributed by atoms with Crippen LogP contribution < -0.4 is 5.32 Å². The third-order valence-electron chi connectivity index (χ3n) is 1.88. The maximum absolute atomic E-state index is 5.30. The predicted molar refractivity (Wildman–Crippen MR) is 54.5 cm³/mol. The Morgan fingerprint density at radius 2 is 1.77 bits per heavy atom. The van der Waals surface area contributed by atoms with Crippen LogP contribution in [0.25, 0.3) is 0 Å². The van der Waals surface area contributed by atoms with Gasteiger partial charge in [0.25, 0.3) is 0 Å². The van der Waals surface area contributed by atoms with Crippen molar-refractivity contribution in [2.24, 2.45) is 0 Å². The normalized spacial score (nSPS) is 10.3. The molecule has 0 heterocycles. The summed E-state index contributed by atoms with van der Waals surface area (Å²) in [5.74, 6) is 0. The summed E-state index contributed by atoms with van der Waals surface area (Å²) in [5.41, 5.74) is 2.55. The average Bonchev–Trinajstić information content (AvgIpc) is 2.17. The summed E-state index contributed by atoms with van der Waals surface area (Å²) in [5, 5.41) is 3.12. The molecule has 0 saturated carbocycles. The van der Waals surface area contributed by atoms with E-state index in [9.17, 15) is 0 Å². The summed E-state index contributed by atoms with van der Waals surface area (Å²) >= 11 is 0. The van der Waals surface area contributed by atoms with Crippen LogP contribution in [0.4, 0.5) is 0 Å². The van der Waals surface area contributed by atoms with Crippen molar-refractivity contribution in [3.8, 4) is 0 Å². The molecule has 1 N–H and O–H groups in total. The van der Waals surface area contributed by atoms with Gasteiger partial charge >= 0.3 is 0 Å². The first-order valence-electron chi connectivity index (χ1n) is 4.67. The second-order valence-electron chi connectivity index (χ2n) is 2.98. The van der Waals surface area contributed by atoms with Crippen LogP contribution in [-0.2, 0) is 17.9 Å². The van der Waals surface area contributed by atoms with Crippen molar-refractivity contribution in [2.45, 2.75) is 20.1 Å². The standard InChI is InChI=1S/C11H17NO/c1-3-13-9-11-6-4-10(5-7-11)8-12-2/h4-7,12H,3,8-9H2,1-2H3. The number of ether oxygens (including phenoxy) is 1. The van der Waals surface area contributed by atoms with Crippen molar-refractivity contribution in [1.29, 1.82) is 0 Å². The molecule has 0 bridgehead atoms. The molecule has 0 aliphatic carbocycles. The molecule has 0 saturated heterocycles. The first kappa shape index (κ1) is 10.2. The van der Waals surface area contributed by atoms with Crippen molar-refractivity contribution in [1.82, 2.24) is 5.32 Å². The summed E-state index contributed by atoms with van der Waals surface area (Å²) in [4.78, 5) is 0. The Morgan fingerprint density at radius 3 is 2.31 bits per heavy atom. The van der Waals surface area contributed by atoms with E-state index in [0.29, 0.717) is 0 Å². The van der Waals surface area contributed by atoms with E-state index in [1.54, 1.807) is 0 Å². The van der Waals surface area contributed by atoms with Gasteiger partial charge in [0.2, 0.25) is 0 Å². The van der Waals surface area contributed by atoms with Gasteiger partial charge in [0.15, 0.2) is 0 Å². The Balaban J connectivity index is 2.48. The number of rotatable bonds is 5. The maximum Gasteiger partial charge on any atom is 0.0716 e. The minimum atomic E-state index is 0.719. The van der Waals surface area contributed by atoms with Crippen molar-refractivity contribution < 1.29 is 4.74 Å². The molecular weight excluding hydrogens is 162 g/mol. The van der Waals surface area contributed by atoms with Gasteiger partial charge in [-0.15, -0.1) is 0 Å². The third kappa shape index (κ3) is 3.57. The fourth-order valence-corrected chi connectivity index (χ4v) is 1.18. The molecule has 2 heteroatoms. The molecule has 1 aromatic rings. The lowest BCUT2D eigenvalue weighted by Gasteiger charge is -2.03. The Morgan fingerprint density at radius 1 is 1.15 bits per heavy atom. The van der Waals surface area contributed by atoms with E-state index in [2.05, 4.69) is 29.6 Å². The van der Waals surface area contributed by atoms with E-state index < -0.39 is 0 Å². The van der Waals surface area contributed by atoms with E-state index >= 15 is 0 Å². The van der Waals surface area contributed by atoms with Crippen LogP contribution in [0.15, 0.2) is 24.3 Å². The third-order valence-corrected chi connectivity index (χ3v) is 1.88. The molecule has 13 heavy (non-hydrogen) atoms. The van der Waals surface area contributed by atoms with Gasteiger partial charge in [0.05, 0.1) is 6.61 Å². The van der Waals surface area contributed by atoms with Crippen LogP contribution in [0, 0.1) is 0 Å². The predicted octanol–water partition coefficient (Wildman–Crippen LogP) is 1.94. The average molecular weight is 179 g/mol. The highest BCUT2D eigenvalue weighted by molar-refractivity contribution is 5.21. The lowest BCUT2D eigenvalue weighted by molar-refractivity contribution is 0.134.